The Labute approximate surface area is 145 Å². The SMILES string of the molecule is C=CCS(=O)(=O)Nc1ccc2c(c1)CCCN2C(=O)c1cccs1. The van der Waals surface area contributed by atoms with Crippen LogP contribution in [0.4, 0.5) is 11.4 Å². The van der Waals surface area contributed by atoms with Crippen LogP contribution in [0.1, 0.15) is 21.7 Å². The molecule has 1 amide bonds. The summed E-state index contributed by atoms with van der Waals surface area (Å²) < 4.78 is 26.2. The minimum Gasteiger partial charge on any atom is -0.307 e. The van der Waals surface area contributed by atoms with E-state index < -0.39 is 10.0 Å². The lowest BCUT2D eigenvalue weighted by molar-refractivity contribution is 0.0989. The van der Waals surface area contributed by atoms with Gasteiger partial charge in [0.15, 0.2) is 0 Å². The zero-order valence-electron chi connectivity index (χ0n) is 13.1. The molecule has 0 unspecified atom stereocenters. The molecule has 2 aromatic rings. The quantitative estimate of drug-likeness (QED) is 0.830. The van der Waals surface area contributed by atoms with Gasteiger partial charge in [-0.2, -0.15) is 0 Å². The first-order valence-electron chi connectivity index (χ1n) is 7.60. The molecule has 7 heteroatoms. The Kier molecular flexibility index (Phi) is 4.73. The van der Waals surface area contributed by atoms with Crippen molar-refractivity contribution in [3.63, 3.8) is 0 Å². The lowest BCUT2D eigenvalue weighted by Crippen LogP contribution is -2.35. The Morgan fingerprint density at radius 1 is 1.38 bits per heavy atom. The number of amides is 1. The van der Waals surface area contributed by atoms with Crippen molar-refractivity contribution in [3.05, 3.63) is 58.8 Å². The highest BCUT2D eigenvalue weighted by molar-refractivity contribution is 7.92. The van der Waals surface area contributed by atoms with Crippen molar-refractivity contribution in [2.45, 2.75) is 12.8 Å². The number of hydrogen-bond donors (Lipinski definition) is 1. The number of fused-ring (bicyclic) bond motifs is 1. The van der Waals surface area contributed by atoms with Crippen LogP contribution in [-0.2, 0) is 16.4 Å². The van der Waals surface area contributed by atoms with Gasteiger partial charge in [-0.25, -0.2) is 8.42 Å². The van der Waals surface area contributed by atoms with E-state index in [-0.39, 0.29) is 11.7 Å². The Bertz CT molecular complexity index is 858. The molecular weight excluding hydrogens is 344 g/mol. The van der Waals surface area contributed by atoms with E-state index in [4.69, 9.17) is 0 Å². The maximum atomic E-state index is 12.6. The maximum absolute atomic E-state index is 12.6. The normalized spacial score (nSPS) is 14.1. The molecule has 1 aromatic carbocycles. The fourth-order valence-electron chi connectivity index (χ4n) is 2.78. The molecule has 5 nitrogen and oxygen atoms in total. The Morgan fingerprint density at radius 3 is 2.92 bits per heavy atom. The second-order valence-electron chi connectivity index (χ2n) is 5.55. The molecule has 0 bridgehead atoms. The molecule has 1 aliphatic rings. The second kappa shape index (κ2) is 6.78. The fourth-order valence-corrected chi connectivity index (χ4v) is 4.33. The van der Waals surface area contributed by atoms with Crippen molar-refractivity contribution in [2.75, 3.05) is 21.9 Å². The number of aryl methyl sites for hydroxylation is 1. The summed E-state index contributed by atoms with van der Waals surface area (Å²) in [5.74, 6) is -0.140. The number of carbonyl (C=O) groups excluding carboxylic acids is 1. The van der Waals surface area contributed by atoms with Crippen LogP contribution < -0.4 is 9.62 Å². The van der Waals surface area contributed by atoms with Crippen molar-refractivity contribution in [1.29, 1.82) is 0 Å². The first-order chi connectivity index (χ1) is 11.5. The monoisotopic (exact) mass is 362 g/mol. The van der Waals surface area contributed by atoms with Gasteiger partial charge in [0.25, 0.3) is 5.91 Å². The third-order valence-electron chi connectivity index (χ3n) is 3.79. The Hall–Kier alpha value is -2.12. The predicted molar refractivity (Wildman–Crippen MR) is 98.4 cm³/mol. The molecule has 126 valence electrons. The molecule has 0 saturated carbocycles. The first kappa shape index (κ1) is 16.7. The number of rotatable bonds is 5. The summed E-state index contributed by atoms with van der Waals surface area (Å²) in [5.41, 5.74) is 2.34. The van der Waals surface area contributed by atoms with Crippen LogP contribution >= 0.6 is 11.3 Å². The van der Waals surface area contributed by atoms with Crippen molar-refractivity contribution >= 4 is 38.6 Å². The van der Waals surface area contributed by atoms with Gasteiger partial charge in [0.2, 0.25) is 10.0 Å². The van der Waals surface area contributed by atoms with E-state index in [0.717, 1.165) is 24.1 Å². The van der Waals surface area contributed by atoms with E-state index in [1.165, 1.54) is 17.4 Å². The molecule has 0 atom stereocenters. The van der Waals surface area contributed by atoms with Crippen LogP contribution in [0.2, 0.25) is 0 Å². The van der Waals surface area contributed by atoms with E-state index in [9.17, 15) is 13.2 Å². The van der Waals surface area contributed by atoms with Crippen molar-refractivity contribution in [3.8, 4) is 0 Å². The lowest BCUT2D eigenvalue weighted by atomic mass is 10.0. The van der Waals surface area contributed by atoms with E-state index >= 15 is 0 Å². The van der Waals surface area contributed by atoms with Gasteiger partial charge in [-0.1, -0.05) is 12.1 Å². The van der Waals surface area contributed by atoms with Crippen LogP contribution in [0.15, 0.2) is 48.4 Å². The zero-order chi connectivity index (χ0) is 17.2. The molecule has 1 aliphatic heterocycles. The summed E-state index contributed by atoms with van der Waals surface area (Å²) in [6.07, 6.45) is 3.02. The summed E-state index contributed by atoms with van der Waals surface area (Å²) in [6.45, 7) is 4.12. The summed E-state index contributed by atoms with van der Waals surface area (Å²) in [5, 5.41) is 1.88. The molecule has 2 heterocycles. The minimum atomic E-state index is -3.42. The number of hydrogen-bond acceptors (Lipinski definition) is 4. The van der Waals surface area contributed by atoms with Crippen molar-refractivity contribution < 1.29 is 13.2 Å². The topological polar surface area (TPSA) is 66.5 Å². The minimum absolute atomic E-state index is 0.00839. The van der Waals surface area contributed by atoms with Crippen LogP contribution in [0.5, 0.6) is 0 Å². The predicted octanol–water partition coefficient (Wildman–Crippen LogP) is 3.27. The lowest BCUT2D eigenvalue weighted by Gasteiger charge is -2.29. The summed E-state index contributed by atoms with van der Waals surface area (Å²) >= 11 is 1.42. The van der Waals surface area contributed by atoms with Gasteiger partial charge >= 0.3 is 0 Å². The molecule has 0 radical (unpaired) electrons. The largest absolute Gasteiger partial charge is 0.307 e. The van der Waals surface area contributed by atoms with Gasteiger partial charge in [0.1, 0.15) is 0 Å². The smallest absolute Gasteiger partial charge is 0.268 e. The molecule has 24 heavy (non-hydrogen) atoms. The molecule has 0 aliphatic carbocycles. The van der Waals surface area contributed by atoms with E-state index in [0.29, 0.717) is 17.1 Å². The second-order valence-corrected chi connectivity index (χ2v) is 8.27. The Morgan fingerprint density at radius 2 is 2.21 bits per heavy atom. The fraction of sp³-hybridized carbons (Fsp3) is 0.235. The molecule has 3 rings (SSSR count). The van der Waals surface area contributed by atoms with E-state index in [1.807, 2.05) is 29.6 Å². The van der Waals surface area contributed by atoms with Gasteiger partial charge in [0, 0.05) is 17.9 Å². The molecule has 0 fully saturated rings. The van der Waals surface area contributed by atoms with Crippen LogP contribution in [0.25, 0.3) is 0 Å². The molecular formula is C17H18N2O3S2. The van der Waals surface area contributed by atoms with Gasteiger partial charge in [-0.15, -0.1) is 17.9 Å². The third kappa shape index (κ3) is 3.52. The zero-order valence-corrected chi connectivity index (χ0v) is 14.7. The average molecular weight is 362 g/mol. The third-order valence-corrected chi connectivity index (χ3v) is 5.86. The number of anilines is 2. The molecule has 0 saturated heterocycles. The molecule has 0 spiro atoms. The molecule has 1 aromatic heterocycles. The number of thiophene rings is 1. The summed E-state index contributed by atoms with van der Waals surface area (Å²) in [4.78, 5) is 15.1. The van der Waals surface area contributed by atoms with E-state index in [2.05, 4.69) is 11.3 Å². The number of benzene rings is 1. The van der Waals surface area contributed by atoms with Crippen LogP contribution in [-0.4, -0.2) is 26.6 Å². The van der Waals surface area contributed by atoms with Crippen molar-refractivity contribution in [2.24, 2.45) is 0 Å². The molecule has 1 N–H and O–H groups in total. The number of nitrogens with zero attached hydrogens (tertiary/aromatic N) is 1. The van der Waals surface area contributed by atoms with Gasteiger partial charge < -0.3 is 4.90 Å². The standard InChI is InChI=1S/C17H18N2O3S2/c1-2-11-24(21,22)18-14-7-8-15-13(12-14)5-3-9-19(15)17(20)16-6-4-10-23-16/h2,4,6-8,10,12,18H,1,3,5,9,11H2. The maximum Gasteiger partial charge on any atom is 0.268 e. The highest BCUT2D eigenvalue weighted by Gasteiger charge is 2.24. The first-order valence-corrected chi connectivity index (χ1v) is 10.1. The van der Waals surface area contributed by atoms with Gasteiger partial charge in [-0.3, -0.25) is 9.52 Å². The number of carbonyl (C=O) groups is 1. The number of sulfonamides is 1. The van der Waals surface area contributed by atoms with Gasteiger partial charge in [0.05, 0.1) is 10.6 Å². The van der Waals surface area contributed by atoms with E-state index in [1.54, 1.807) is 11.0 Å². The highest BCUT2D eigenvalue weighted by Crippen LogP contribution is 2.31. The average Bonchev–Trinajstić information content (AvgIpc) is 3.07. The van der Waals surface area contributed by atoms with Crippen molar-refractivity contribution in [1.82, 2.24) is 0 Å². The van der Waals surface area contributed by atoms with Crippen LogP contribution in [0.3, 0.4) is 0 Å². The van der Waals surface area contributed by atoms with Gasteiger partial charge in [-0.05, 0) is 48.1 Å². The highest BCUT2D eigenvalue weighted by atomic mass is 32.2. The summed E-state index contributed by atoms with van der Waals surface area (Å²) in [6, 6.07) is 8.99. The van der Waals surface area contributed by atoms with Crippen LogP contribution in [0, 0.1) is 0 Å². The number of nitrogens with one attached hydrogen (secondary N) is 1. The summed E-state index contributed by atoms with van der Waals surface area (Å²) in [7, 11) is -3.42. The Balaban J connectivity index is 1.87.